The van der Waals surface area contributed by atoms with Crippen molar-refractivity contribution in [1.29, 1.82) is 0 Å². The van der Waals surface area contributed by atoms with E-state index in [0.29, 0.717) is 23.3 Å². The highest BCUT2D eigenvalue weighted by Crippen LogP contribution is 2.40. The maximum atomic E-state index is 14.5. The van der Waals surface area contributed by atoms with Crippen LogP contribution in [0.15, 0.2) is 107 Å². The minimum absolute atomic E-state index is 0. The first-order valence-corrected chi connectivity index (χ1v) is 19.3. The van der Waals surface area contributed by atoms with E-state index in [4.69, 9.17) is 9.47 Å². The molecule has 0 saturated heterocycles. The summed E-state index contributed by atoms with van der Waals surface area (Å²) in [6.07, 6.45) is 2.54. The summed E-state index contributed by atoms with van der Waals surface area (Å²) in [7, 11) is -2.64. The van der Waals surface area contributed by atoms with Gasteiger partial charge in [0.2, 0.25) is 0 Å². The van der Waals surface area contributed by atoms with Crippen LogP contribution in [0, 0.1) is 34.9 Å². The molecule has 58 heavy (non-hydrogen) atoms. The van der Waals surface area contributed by atoms with Crippen LogP contribution in [0.2, 0.25) is 0 Å². The van der Waals surface area contributed by atoms with Gasteiger partial charge in [-0.2, -0.15) is 0 Å². The molecule has 0 unspecified atom stereocenters. The Morgan fingerprint density at radius 3 is 1.17 bits per heavy atom. The number of halogens is 8. The summed E-state index contributed by atoms with van der Waals surface area (Å²) in [4.78, 5) is -0.630. The largest absolute Gasteiger partial charge is 0.494 e. The second kappa shape index (κ2) is 19.6. The third kappa shape index (κ3) is 9.65. The van der Waals surface area contributed by atoms with E-state index in [1.165, 1.54) is 50.9 Å². The first-order chi connectivity index (χ1) is 26.6. The van der Waals surface area contributed by atoms with Gasteiger partial charge in [-0.3, -0.25) is 0 Å². The Morgan fingerprint density at radius 1 is 0.534 bits per heavy atom. The Kier molecular flexibility index (Phi) is 16.1. The fourth-order valence-corrected chi connectivity index (χ4v) is 8.68. The van der Waals surface area contributed by atoms with Crippen molar-refractivity contribution in [2.24, 2.45) is 0 Å². The van der Waals surface area contributed by atoms with E-state index < -0.39 is 54.9 Å². The van der Waals surface area contributed by atoms with Crippen LogP contribution in [0.4, 0.5) is 26.3 Å². The molecule has 0 radical (unpaired) electrons. The number of nitrogens with zero attached hydrogens (tertiary/aromatic N) is 2. The van der Waals surface area contributed by atoms with Crippen molar-refractivity contribution >= 4 is 44.9 Å². The molecule has 0 amide bonds. The van der Waals surface area contributed by atoms with E-state index >= 15 is 0 Å². The van der Waals surface area contributed by atoms with Crippen molar-refractivity contribution < 1.29 is 52.7 Å². The quantitative estimate of drug-likeness (QED) is 0.119. The van der Waals surface area contributed by atoms with Crippen molar-refractivity contribution in [3.05, 3.63) is 143 Å². The number of rotatable bonds is 12. The van der Waals surface area contributed by atoms with E-state index in [-0.39, 0.29) is 81.7 Å². The maximum Gasteiger partial charge on any atom is 0.268 e. The van der Waals surface area contributed by atoms with Crippen molar-refractivity contribution in [3.8, 4) is 34.0 Å². The van der Waals surface area contributed by atoms with Gasteiger partial charge >= 0.3 is 0 Å². The number of ether oxygens (including phenoxy) is 2. The fourth-order valence-electron chi connectivity index (χ4n) is 5.83. The molecule has 0 fully saturated rings. The first kappa shape index (κ1) is 47.4. The van der Waals surface area contributed by atoms with Crippen LogP contribution in [0.5, 0.6) is 11.5 Å². The minimum Gasteiger partial charge on any atom is -0.494 e. The zero-order chi connectivity index (χ0) is 40.9. The Morgan fingerprint density at radius 2 is 0.879 bits per heavy atom. The van der Waals surface area contributed by atoms with E-state index in [2.05, 4.69) is 10.6 Å². The van der Waals surface area contributed by atoms with Crippen LogP contribution < -0.4 is 20.1 Å². The van der Waals surface area contributed by atoms with Gasteiger partial charge in [-0.1, -0.05) is 12.1 Å². The summed E-state index contributed by atoms with van der Waals surface area (Å²) in [5.41, 5.74) is 0.303. The van der Waals surface area contributed by atoms with Crippen LogP contribution >= 0.6 is 24.8 Å². The molecule has 20 heteroatoms. The van der Waals surface area contributed by atoms with Gasteiger partial charge in [0.25, 0.3) is 20.0 Å². The number of benzene rings is 4. The summed E-state index contributed by atoms with van der Waals surface area (Å²) >= 11 is 0. The number of hydrogen-bond acceptors (Lipinski definition) is 8. The molecule has 6 rings (SSSR count). The Bertz CT molecular complexity index is 2450. The predicted molar refractivity (Wildman–Crippen MR) is 211 cm³/mol. The molecular weight excluding hydrogens is 857 g/mol. The van der Waals surface area contributed by atoms with Gasteiger partial charge < -0.3 is 20.1 Å². The maximum absolute atomic E-state index is 14.5. The topological polar surface area (TPSA) is 121 Å². The highest BCUT2D eigenvalue weighted by molar-refractivity contribution is 7.90. The number of nitrogens with one attached hydrogen (secondary N) is 2. The van der Waals surface area contributed by atoms with E-state index in [0.717, 1.165) is 56.5 Å². The molecule has 2 aromatic heterocycles. The highest BCUT2D eigenvalue weighted by atomic mass is 35.5. The summed E-state index contributed by atoms with van der Waals surface area (Å²) < 4.78 is 148. The van der Waals surface area contributed by atoms with E-state index in [9.17, 15) is 43.2 Å². The second-order valence-electron chi connectivity index (χ2n) is 11.9. The normalized spacial score (nSPS) is 11.2. The lowest BCUT2D eigenvalue weighted by Gasteiger charge is -2.13. The zero-order valence-corrected chi connectivity index (χ0v) is 34.2. The van der Waals surface area contributed by atoms with Crippen LogP contribution in [-0.4, -0.2) is 53.1 Å². The van der Waals surface area contributed by atoms with Crippen molar-refractivity contribution in [2.75, 3.05) is 28.3 Å². The monoisotopic (exact) mass is 892 g/mol. The molecule has 0 bridgehead atoms. The van der Waals surface area contributed by atoms with Crippen molar-refractivity contribution in [3.63, 3.8) is 0 Å². The van der Waals surface area contributed by atoms with Crippen molar-refractivity contribution in [1.82, 2.24) is 18.6 Å². The Balaban J connectivity index is 0.000000300. The SMILES string of the molecule is CNCc1cn(S(=O)(=O)c2cccc(F)c2)c(-c2ccc(F)cc2F)c1OC.CNCc1cn(S(=O)(=O)c2cccc(F)c2)c(-c2ccc(F)cc2F)c1OC.Cl.Cl. The molecule has 0 atom stereocenters. The molecule has 0 saturated carbocycles. The average Bonchev–Trinajstić information content (AvgIpc) is 3.71. The Labute approximate surface area is 343 Å². The van der Waals surface area contributed by atoms with Gasteiger partial charge in [0.05, 0.1) is 24.0 Å². The lowest BCUT2D eigenvalue weighted by atomic mass is 10.1. The third-order valence-corrected chi connectivity index (χ3v) is 11.5. The fraction of sp³-hybridized carbons (Fsp3) is 0.158. The molecular formula is C38H36Cl2F6N4O6S2. The van der Waals surface area contributed by atoms with Gasteiger partial charge in [0, 0.05) is 59.9 Å². The van der Waals surface area contributed by atoms with Crippen LogP contribution in [0.25, 0.3) is 22.5 Å². The van der Waals surface area contributed by atoms with Crippen LogP contribution in [0.1, 0.15) is 11.1 Å². The number of aromatic nitrogens is 2. The first-order valence-electron chi connectivity index (χ1n) is 16.4. The average molecular weight is 894 g/mol. The third-order valence-electron chi connectivity index (χ3n) is 8.22. The molecule has 0 aliphatic heterocycles. The smallest absolute Gasteiger partial charge is 0.268 e. The molecule has 0 aliphatic rings. The second-order valence-corrected chi connectivity index (χ2v) is 15.5. The molecule has 0 spiro atoms. The predicted octanol–water partition coefficient (Wildman–Crippen LogP) is 7.92. The van der Waals surface area contributed by atoms with Gasteiger partial charge in [-0.25, -0.2) is 51.1 Å². The molecule has 6 aromatic rings. The zero-order valence-electron chi connectivity index (χ0n) is 30.9. The number of hydrogen-bond donors (Lipinski definition) is 2. The Hall–Kier alpha value is -4.98. The number of methoxy groups -OCH3 is 2. The molecule has 0 aliphatic carbocycles. The standard InChI is InChI=1S/2C19H17F3N2O3S.2ClH/c2*1-23-10-12-11-24(28(25,26)15-5-3-4-13(20)8-15)18(19(12)27-2)16-7-6-14(21)9-17(16)22;;/h2*3-9,11,23H,10H2,1-2H3;2*1H. The van der Waals surface area contributed by atoms with Gasteiger partial charge in [-0.05, 0) is 74.8 Å². The van der Waals surface area contributed by atoms with Crippen LogP contribution in [-0.2, 0) is 33.1 Å². The van der Waals surface area contributed by atoms with Crippen LogP contribution in [0.3, 0.4) is 0 Å². The summed E-state index contributed by atoms with van der Waals surface area (Å²) in [6, 6.07) is 14.5. The lowest BCUT2D eigenvalue weighted by molar-refractivity contribution is 0.411. The summed E-state index contributed by atoms with van der Waals surface area (Å²) in [6.45, 7) is 0.454. The van der Waals surface area contributed by atoms with Gasteiger partial charge in [-0.15, -0.1) is 24.8 Å². The van der Waals surface area contributed by atoms with Gasteiger partial charge in [0.15, 0.2) is 0 Å². The molecule has 2 N–H and O–H groups in total. The summed E-state index contributed by atoms with van der Waals surface area (Å²) in [5, 5.41) is 5.75. The molecule has 10 nitrogen and oxygen atoms in total. The van der Waals surface area contributed by atoms with E-state index in [1.807, 2.05) is 0 Å². The molecule has 4 aromatic carbocycles. The minimum atomic E-state index is -4.29. The molecule has 312 valence electrons. The van der Waals surface area contributed by atoms with Gasteiger partial charge in [0.1, 0.15) is 57.8 Å². The summed E-state index contributed by atoms with van der Waals surface area (Å²) in [5.74, 6) is -4.76. The van der Waals surface area contributed by atoms with E-state index in [1.54, 1.807) is 14.1 Å². The van der Waals surface area contributed by atoms with Crippen molar-refractivity contribution in [2.45, 2.75) is 22.9 Å². The highest BCUT2D eigenvalue weighted by Gasteiger charge is 2.30. The molecule has 2 heterocycles. The lowest BCUT2D eigenvalue weighted by Crippen LogP contribution is -2.14.